The molecule has 4 aliphatic rings. The summed E-state index contributed by atoms with van der Waals surface area (Å²) >= 11 is 0. The largest absolute Gasteiger partial charge is 0.341 e. The molecule has 2 aliphatic heterocycles. The molecule has 7 nitrogen and oxygen atoms in total. The second-order valence-corrected chi connectivity index (χ2v) is 8.35. The number of hydrogen-bond acceptors (Lipinski definition) is 4. The van der Waals surface area contributed by atoms with Crippen molar-refractivity contribution in [3.05, 3.63) is 35.4 Å². The molecule has 4 unspecified atom stereocenters. The van der Waals surface area contributed by atoms with Crippen molar-refractivity contribution >= 4 is 30.3 Å². The van der Waals surface area contributed by atoms with E-state index in [0.717, 1.165) is 35.3 Å². The van der Waals surface area contributed by atoms with Gasteiger partial charge in [0.1, 0.15) is 12.1 Å². The number of nitrogens with one attached hydrogen (secondary N) is 1. The topological polar surface area (TPSA) is 95.7 Å². The maximum absolute atomic E-state index is 13.2. The molecule has 8 heteroatoms. The van der Waals surface area contributed by atoms with Crippen LogP contribution in [0.1, 0.15) is 30.4 Å². The number of nitrogens with zero attached hydrogens (tertiary/aromatic N) is 2. The second-order valence-electron chi connectivity index (χ2n) is 8.35. The molecular formula is C20H25ClN4O3. The Morgan fingerprint density at radius 3 is 2.79 bits per heavy atom. The molecule has 3 N–H and O–H groups in total. The Bertz CT molecular complexity index is 846. The highest BCUT2D eigenvalue weighted by Crippen LogP contribution is 2.41. The molecular weight excluding hydrogens is 380 g/mol. The van der Waals surface area contributed by atoms with E-state index in [2.05, 4.69) is 5.32 Å². The SMILES string of the molecule is Cl.NC1CCC2CN(C(=O)CN3C(=O)NC4(CCc5ccccc54)C3=O)CC12. The third-order valence-electron chi connectivity index (χ3n) is 6.98. The van der Waals surface area contributed by atoms with Gasteiger partial charge in [-0.05, 0) is 48.6 Å². The fraction of sp³-hybridized carbons (Fsp3) is 0.550. The lowest BCUT2D eigenvalue weighted by atomic mass is 9.92. The van der Waals surface area contributed by atoms with Crippen LogP contribution in [0.4, 0.5) is 4.79 Å². The highest BCUT2D eigenvalue weighted by Gasteiger charge is 2.56. The normalized spacial score (nSPS) is 33.1. The molecule has 3 fully saturated rings. The van der Waals surface area contributed by atoms with Crippen molar-refractivity contribution in [2.75, 3.05) is 19.6 Å². The summed E-state index contributed by atoms with van der Waals surface area (Å²) in [6.45, 7) is 1.14. The first kappa shape index (κ1) is 19.2. The van der Waals surface area contributed by atoms with E-state index in [9.17, 15) is 14.4 Å². The van der Waals surface area contributed by atoms with Crippen molar-refractivity contribution in [2.24, 2.45) is 17.6 Å². The van der Waals surface area contributed by atoms with E-state index in [1.54, 1.807) is 4.90 Å². The summed E-state index contributed by atoms with van der Waals surface area (Å²) in [6, 6.07) is 7.39. The van der Waals surface area contributed by atoms with Crippen LogP contribution in [0.5, 0.6) is 0 Å². The number of urea groups is 1. The quantitative estimate of drug-likeness (QED) is 0.719. The molecule has 0 aromatic heterocycles. The summed E-state index contributed by atoms with van der Waals surface area (Å²) in [7, 11) is 0. The Hall–Kier alpha value is -2.12. The summed E-state index contributed by atoms with van der Waals surface area (Å²) in [4.78, 5) is 41.4. The average molecular weight is 405 g/mol. The van der Waals surface area contributed by atoms with E-state index < -0.39 is 11.6 Å². The minimum atomic E-state index is -1.00. The van der Waals surface area contributed by atoms with Crippen LogP contribution in [0.25, 0.3) is 0 Å². The maximum Gasteiger partial charge on any atom is 0.325 e. The van der Waals surface area contributed by atoms with E-state index in [-0.39, 0.29) is 36.8 Å². The summed E-state index contributed by atoms with van der Waals surface area (Å²) < 4.78 is 0. The van der Waals surface area contributed by atoms with Gasteiger partial charge in [0.05, 0.1) is 0 Å². The van der Waals surface area contributed by atoms with E-state index >= 15 is 0 Å². The lowest BCUT2D eigenvalue weighted by Crippen LogP contribution is -2.45. The Balaban J connectivity index is 0.00000192. The molecule has 2 saturated heterocycles. The van der Waals surface area contributed by atoms with Gasteiger partial charge in [-0.3, -0.25) is 14.5 Å². The summed E-state index contributed by atoms with van der Waals surface area (Å²) in [5.41, 5.74) is 7.09. The Labute approximate surface area is 170 Å². The summed E-state index contributed by atoms with van der Waals surface area (Å²) in [5.74, 6) is 0.343. The van der Waals surface area contributed by atoms with Gasteiger partial charge in [-0.2, -0.15) is 0 Å². The van der Waals surface area contributed by atoms with Crippen molar-refractivity contribution in [3.8, 4) is 0 Å². The zero-order chi connectivity index (χ0) is 18.8. The zero-order valence-corrected chi connectivity index (χ0v) is 16.4. The number of likely N-dealkylation sites (tertiary alicyclic amines) is 1. The summed E-state index contributed by atoms with van der Waals surface area (Å²) in [5, 5.41) is 2.87. The van der Waals surface area contributed by atoms with Crippen LogP contribution in [0, 0.1) is 11.8 Å². The predicted octanol–water partition coefficient (Wildman–Crippen LogP) is 0.997. The molecule has 150 valence electrons. The van der Waals surface area contributed by atoms with Crippen LogP contribution in [-0.2, 0) is 21.5 Å². The first-order valence-corrected chi connectivity index (χ1v) is 9.75. The third kappa shape index (κ3) is 2.63. The van der Waals surface area contributed by atoms with E-state index in [1.165, 1.54) is 0 Å². The van der Waals surface area contributed by atoms with Crippen molar-refractivity contribution in [2.45, 2.75) is 37.3 Å². The molecule has 2 aliphatic carbocycles. The maximum atomic E-state index is 13.2. The van der Waals surface area contributed by atoms with Gasteiger partial charge in [0.15, 0.2) is 0 Å². The first-order valence-electron chi connectivity index (χ1n) is 9.75. The van der Waals surface area contributed by atoms with Crippen molar-refractivity contribution in [1.82, 2.24) is 15.1 Å². The van der Waals surface area contributed by atoms with Crippen molar-refractivity contribution < 1.29 is 14.4 Å². The van der Waals surface area contributed by atoms with Gasteiger partial charge in [0.2, 0.25) is 5.91 Å². The fourth-order valence-electron chi connectivity index (χ4n) is 5.48. The number of carbonyl (C=O) groups excluding carboxylic acids is 3. The van der Waals surface area contributed by atoms with Crippen LogP contribution in [0.2, 0.25) is 0 Å². The molecule has 28 heavy (non-hydrogen) atoms. The molecule has 0 bridgehead atoms. The van der Waals surface area contributed by atoms with E-state index in [4.69, 9.17) is 5.73 Å². The van der Waals surface area contributed by atoms with Gasteiger partial charge in [-0.15, -0.1) is 12.4 Å². The Morgan fingerprint density at radius 1 is 1.21 bits per heavy atom. The fourth-order valence-corrected chi connectivity index (χ4v) is 5.48. The van der Waals surface area contributed by atoms with Crippen molar-refractivity contribution in [3.63, 3.8) is 0 Å². The zero-order valence-electron chi connectivity index (χ0n) is 15.6. The first-order chi connectivity index (χ1) is 13.0. The lowest BCUT2D eigenvalue weighted by molar-refractivity contribution is -0.138. The highest BCUT2D eigenvalue weighted by molar-refractivity contribution is 6.09. The van der Waals surface area contributed by atoms with Crippen LogP contribution in [0.3, 0.4) is 0 Å². The number of aryl methyl sites for hydroxylation is 1. The number of halogens is 1. The number of carbonyl (C=O) groups is 3. The number of rotatable bonds is 2. The van der Waals surface area contributed by atoms with Gasteiger partial charge in [-0.25, -0.2) is 4.79 Å². The van der Waals surface area contributed by atoms with Gasteiger partial charge in [-0.1, -0.05) is 24.3 Å². The van der Waals surface area contributed by atoms with Gasteiger partial charge in [0, 0.05) is 19.1 Å². The number of fused-ring (bicyclic) bond motifs is 3. The van der Waals surface area contributed by atoms with Crippen LogP contribution >= 0.6 is 12.4 Å². The van der Waals surface area contributed by atoms with E-state index in [0.29, 0.717) is 31.3 Å². The van der Waals surface area contributed by atoms with Crippen LogP contribution < -0.4 is 11.1 Å². The number of hydrogen-bond donors (Lipinski definition) is 2. The molecule has 4 amide bonds. The lowest BCUT2D eigenvalue weighted by Gasteiger charge is -2.23. The molecule has 5 rings (SSSR count). The molecule has 4 atom stereocenters. The van der Waals surface area contributed by atoms with E-state index in [1.807, 2.05) is 24.3 Å². The molecule has 2 heterocycles. The third-order valence-corrected chi connectivity index (χ3v) is 6.98. The smallest absolute Gasteiger partial charge is 0.325 e. The van der Waals surface area contributed by atoms with Crippen LogP contribution in [-0.4, -0.2) is 53.3 Å². The standard InChI is InChI=1S/C20H24N4O3.ClH/c21-16-6-5-13-9-23(10-14(13)16)17(25)11-24-18(26)20(22-19(24)27)8-7-12-3-1-2-4-15(12)20;/h1-4,13-14,16H,5-11,21H2,(H,22,27);1H. The molecule has 1 aromatic carbocycles. The number of amides is 4. The van der Waals surface area contributed by atoms with Gasteiger partial charge >= 0.3 is 6.03 Å². The highest BCUT2D eigenvalue weighted by atomic mass is 35.5. The average Bonchev–Trinajstić information content (AvgIpc) is 3.38. The number of benzene rings is 1. The molecule has 1 spiro atoms. The minimum absolute atomic E-state index is 0. The minimum Gasteiger partial charge on any atom is -0.341 e. The Morgan fingerprint density at radius 2 is 2.00 bits per heavy atom. The Kier molecular flexibility index (Phi) is 4.62. The monoisotopic (exact) mass is 404 g/mol. The predicted molar refractivity (Wildman–Crippen MR) is 105 cm³/mol. The van der Waals surface area contributed by atoms with Crippen molar-refractivity contribution in [1.29, 1.82) is 0 Å². The number of imide groups is 1. The van der Waals surface area contributed by atoms with Crippen LogP contribution in [0.15, 0.2) is 24.3 Å². The van der Waals surface area contributed by atoms with Gasteiger partial charge < -0.3 is 16.0 Å². The van der Waals surface area contributed by atoms with Gasteiger partial charge in [0.25, 0.3) is 5.91 Å². The number of nitrogens with two attached hydrogens (primary N) is 1. The summed E-state index contributed by atoms with van der Waals surface area (Å²) in [6.07, 6.45) is 3.37. The molecule has 1 aromatic rings. The molecule has 0 radical (unpaired) electrons. The second kappa shape index (κ2) is 6.74. The molecule has 1 saturated carbocycles.